The van der Waals surface area contributed by atoms with Gasteiger partial charge in [-0.2, -0.15) is 5.10 Å². The molecule has 7 nitrogen and oxygen atoms in total. The molecule has 0 saturated carbocycles. The Kier molecular flexibility index (Phi) is 5.70. The highest BCUT2D eigenvalue weighted by atomic mass is 16.5. The zero-order valence-electron chi connectivity index (χ0n) is 17.3. The average Bonchev–Trinajstić information content (AvgIpc) is 3.13. The van der Waals surface area contributed by atoms with E-state index in [1.807, 2.05) is 66.4 Å². The van der Waals surface area contributed by atoms with Crippen LogP contribution in [-0.2, 0) is 24.3 Å². The monoisotopic (exact) mass is 406 g/mol. The number of benzene rings is 2. The second-order valence-corrected chi connectivity index (χ2v) is 7.36. The fraction of sp³-hybridized carbons (Fsp3) is 0.348. The van der Waals surface area contributed by atoms with Crippen molar-refractivity contribution in [3.8, 4) is 5.75 Å². The summed E-state index contributed by atoms with van der Waals surface area (Å²) in [4.78, 5) is 27.7. The molecule has 2 aromatic carbocycles. The van der Waals surface area contributed by atoms with Gasteiger partial charge in [-0.05, 0) is 36.6 Å². The van der Waals surface area contributed by atoms with Gasteiger partial charge in [0, 0.05) is 26.1 Å². The van der Waals surface area contributed by atoms with Crippen LogP contribution in [0.3, 0.4) is 0 Å². The van der Waals surface area contributed by atoms with Crippen molar-refractivity contribution in [3.63, 3.8) is 0 Å². The smallest absolute Gasteiger partial charge is 0.346 e. The first kappa shape index (κ1) is 19.9. The van der Waals surface area contributed by atoms with Crippen molar-refractivity contribution in [2.75, 3.05) is 13.7 Å². The lowest BCUT2D eigenvalue weighted by Crippen LogP contribution is -2.44. The number of rotatable bonds is 6. The number of amides is 1. The molecule has 1 amide bonds. The number of methoxy groups -OCH3 is 1. The first-order valence-corrected chi connectivity index (χ1v) is 10.3. The Bertz CT molecular complexity index is 1070. The molecule has 1 unspecified atom stereocenters. The van der Waals surface area contributed by atoms with Crippen molar-refractivity contribution in [1.29, 1.82) is 0 Å². The van der Waals surface area contributed by atoms with Gasteiger partial charge in [0.05, 0.1) is 7.11 Å². The van der Waals surface area contributed by atoms with Crippen LogP contribution in [0.1, 0.15) is 36.3 Å². The minimum atomic E-state index is -0.358. The van der Waals surface area contributed by atoms with Gasteiger partial charge in [0.2, 0.25) is 5.91 Å². The first-order chi connectivity index (χ1) is 14.6. The molecule has 0 bridgehead atoms. The lowest BCUT2D eigenvalue weighted by atomic mass is 10.0. The van der Waals surface area contributed by atoms with Crippen LogP contribution in [0.4, 0.5) is 0 Å². The number of ether oxygens (including phenoxy) is 1. The highest BCUT2D eigenvalue weighted by Gasteiger charge is 2.35. The van der Waals surface area contributed by atoms with Gasteiger partial charge in [-0.25, -0.2) is 9.48 Å². The van der Waals surface area contributed by atoms with Crippen LogP contribution < -0.4 is 10.4 Å². The standard InChI is InChI=1S/C23H26N4O3/c1-3-27-23(29)26-16-15-25(21(22(26)24-27)18-7-5-4-6-8-18)20(28)14-11-17-9-12-19(30-2)13-10-17/h4-10,12-13,21H,3,11,14-16H2,1-2H3. The maximum Gasteiger partial charge on any atom is 0.346 e. The summed E-state index contributed by atoms with van der Waals surface area (Å²) in [6.07, 6.45) is 1.05. The van der Waals surface area contributed by atoms with E-state index >= 15 is 0 Å². The molecule has 1 atom stereocenters. The SMILES string of the molecule is CCn1nc2n(c1=O)CCN(C(=O)CCc1ccc(OC)cc1)C2c1ccccc1. The van der Waals surface area contributed by atoms with E-state index in [9.17, 15) is 9.59 Å². The normalized spacial score (nSPS) is 15.7. The highest BCUT2D eigenvalue weighted by Crippen LogP contribution is 2.30. The summed E-state index contributed by atoms with van der Waals surface area (Å²) in [5, 5.41) is 4.56. The maximum absolute atomic E-state index is 13.2. The Morgan fingerprint density at radius 2 is 1.83 bits per heavy atom. The van der Waals surface area contributed by atoms with Crippen LogP contribution in [0.5, 0.6) is 5.75 Å². The number of hydrogen-bond acceptors (Lipinski definition) is 4. The summed E-state index contributed by atoms with van der Waals surface area (Å²) in [6, 6.07) is 17.2. The molecule has 4 rings (SSSR count). The average molecular weight is 406 g/mol. The van der Waals surface area contributed by atoms with E-state index in [0.29, 0.717) is 38.3 Å². The van der Waals surface area contributed by atoms with Gasteiger partial charge >= 0.3 is 5.69 Å². The molecule has 0 fully saturated rings. The largest absolute Gasteiger partial charge is 0.497 e. The molecule has 3 aromatic rings. The van der Waals surface area contributed by atoms with Gasteiger partial charge in [0.15, 0.2) is 5.82 Å². The number of nitrogens with zero attached hydrogens (tertiary/aromatic N) is 4. The van der Waals surface area contributed by atoms with Gasteiger partial charge in [-0.3, -0.25) is 9.36 Å². The fourth-order valence-electron chi connectivity index (χ4n) is 3.97. The molecular weight excluding hydrogens is 380 g/mol. The third kappa shape index (κ3) is 3.75. The number of hydrogen-bond donors (Lipinski definition) is 0. The zero-order chi connectivity index (χ0) is 21.1. The van der Waals surface area contributed by atoms with Crippen molar-refractivity contribution < 1.29 is 9.53 Å². The number of carbonyl (C=O) groups is 1. The molecular formula is C23H26N4O3. The van der Waals surface area contributed by atoms with Crippen LogP contribution >= 0.6 is 0 Å². The zero-order valence-corrected chi connectivity index (χ0v) is 17.3. The Morgan fingerprint density at radius 1 is 1.10 bits per heavy atom. The summed E-state index contributed by atoms with van der Waals surface area (Å²) in [7, 11) is 1.64. The van der Waals surface area contributed by atoms with Crippen molar-refractivity contribution in [2.45, 2.75) is 38.9 Å². The van der Waals surface area contributed by atoms with Gasteiger partial charge < -0.3 is 9.64 Å². The third-order valence-corrected chi connectivity index (χ3v) is 5.59. The van der Waals surface area contributed by atoms with E-state index in [0.717, 1.165) is 16.9 Å². The third-order valence-electron chi connectivity index (χ3n) is 5.59. The summed E-state index contributed by atoms with van der Waals surface area (Å²) < 4.78 is 8.37. The Morgan fingerprint density at radius 3 is 2.50 bits per heavy atom. The Labute approximate surface area is 175 Å². The molecule has 2 heterocycles. The van der Waals surface area contributed by atoms with Crippen molar-refractivity contribution in [3.05, 3.63) is 82.0 Å². The van der Waals surface area contributed by atoms with Crippen molar-refractivity contribution >= 4 is 5.91 Å². The second kappa shape index (κ2) is 8.57. The van der Waals surface area contributed by atoms with Crippen LogP contribution in [0.15, 0.2) is 59.4 Å². The Balaban J connectivity index is 1.60. The topological polar surface area (TPSA) is 69.4 Å². The van der Waals surface area contributed by atoms with Gasteiger partial charge in [0.25, 0.3) is 0 Å². The Hall–Kier alpha value is -3.35. The van der Waals surface area contributed by atoms with Crippen LogP contribution in [0.2, 0.25) is 0 Å². The van der Waals surface area contributed by atoms with E-state index < -0.39 is 0 Å². The number of aromatic nitrogens is 3. The lowest BCUT2D eigenvalue weighted by molar-refractivity contribution is -0.134. The van der Waals surface area contributed by atoms with E-state index in [2.05, 4.69) is 5.10 Å². The molecule has 0 spiro atoms. The van der Waals surface area contributed by atoms with Crippen molar-refractivity contribution in [2.24, 2.45) is 0 Å². The molecule has 156 valence electrons. The maximum atomic E-state index is 13.2. The number of carbonyl (C=O) groups excluding carboxylic acids is 1. The molecule has 30 heavy (non-hydrogen) atoms. The summed E-state index contributed by atoms with van der Waals surface area (Å²) in [6.45, 7) is 3.36. The summed E-state index contributed by atoms with van der Waals surface area (Å²) >= 11 is 0. The molecule has 7 heteroatoms. The van der Waals surface area contributed by atoms with Gasteiger partial charge in [-0.15, -0.1) is 0 Å². The van der Waals surface area contributed by atoms with Crippen LogP contribution in [0.25, 0.3) is 0 Å². The summed E-state index contributed by atoms with van der Waals surface area (Å²) in [5.41, 5.74) is 1.94. The summed E-state index contributed by atoms with van der Waals surface area (Å²) in [5.74, 6) is 1.50. The fourth-order valence-corrected chi connectivity index (χ4v) is 3.97. The molecule has 0 radical (unpaired) electrons. The molecule has 0 N–H and O–H groups in total. The quantitative estimate of drug-likeness (QED) is 0.631. The van der Waals surface area contributed by atoms with Crippen LogP contribution in [-0.4, -0.2) is 38.8 Å². The minimum absolute atomic E-state index is 0.0596. The lowest BCUT2D eigenvalue weighted by Gasteiger charge is -2.35. The molecule has 1 aliphatic rings. The van der Waals surface area contributed by atoms with E-state index in [4.69, 9.17) is 4.74 Å². The van der Waals surface area contributed by atoms with E-state index in [-0.39, 0.29) is 17.6 Å². The molecule has 0 aliphatic carbocycles. The molecule has 1 aromatic heterocycles. The predicted octanol–water partition coefficient (Wildman–Crippen LogP) is 2.64. The van der Waals surface area contributed by atoms with Crippen LogP contribution in [0, 0.1) is 0 Å². The van der Waals surface area contributed by atoms with Crippen molar-refractivity contribution in [1.82, 2.24) is 19.2 Å². The number of fused-ring (bicyclic) bond motifs is 1. The predicted molar refractivity (Wildman–Crippen MR) is 113 cm³/mol. The number of aryl methyl sites for hydroxylation is 2. The minimum Gasteiger partial charge on any atom is -0.497 e. The molecule has 1 aliphatic heterocycles. The van der Waals surface area contributed by atoms with E-state index in [1.54, 1.807) is 11.7 Å². The highest BCUT2D eigenvalue weighted by molar-refractivity contribution is 5.77. The van der Waals surface area contributed by atoms with E-state index in [1.165, 1.54) is 4.68 Å². The van der Waals surface area contributed by atoms with Gasteiger partial charge in [-0.1, -0.05) is 42.5 Å². The second-order valence-electron chi connectivity index (χ2n) is 7.36. The molecule has 0 saturated heterocycles. The van der Waals surface area contributed by atoms with Gasteiger partial charge in [0.1, 0.15) is 11.8 Å². The first-order valence-electron chi connectivity index (χ1n) is 10.3.